The van der Waals surface area contributed by atoms with Gasteiger partial charge in [0.1, 0.15) is 0 Å². The van der Waals surface area contributed by atoms with E-state index in [4.69, 9.17) is 0 Å². The van der Waals surface area contributed by atoms with Crippen molar-refractivity contribution in [2.75, 3.05) is 6.26 Å². The first-order valence-corrected chi connectivity index (χ1v) is 12.8. The first kappa shape index (κ1) is 22.9. The molecule has 0 fully saturated rings. The summed E-state index contributed by atoms with van der Waals surface area (Å²) < 4.78 is 0. The van der Waals surface area contributed by atoms with E-state index in [2.05, 4.69) is 76.9 Å². The standard InChI is InChI=1S/C29H38S/c1-7-24-15-20(2)21(3)16-28(24)17-22(4)23(5)18-29(30-6)27-14-13-25-11-9-8-10-12-26(25)19-27/h13-16,18-19,23H,4,7-12,17H2,1-3,5-6H3/b29-18-. The fourth-order valence-corrected chi connectivity index (χ4v) is 5.23. The predicted octanol–water partition coefficient (Wildman–Crippen LogP) is 8.27. The Morgan fingerprint density at radius 3 is 2.33 bits per heavy atom. The van der Waals surface area contributed by atoms with Gasteiger partial charge in [0, 0.05) is 4.91 Å². The summed E-state index contributed by atoms with van der Waals surface area (Å²) in [6, 6.07) is 11.9. The maximum atomic E-state index is 4.49. The largest absolute Gasteiger partial charge is 0.129 e. The van der Waals surface area contributed by atoms with E-state index in [1.807, 2.05) is 11.8 Å². The number of hydrogen-bond acceptors (Lipinski definition) is 1. The van der Waals surface area contributed by atoms with E-state index in [0.29, 0.717) is 5.92 Å². The smallest absolute Gasteiger partial charge is 0.0108 e. The van der Waals surface area contributed by atoms with Crippen molar-refractivity contribution in [3.05, 3.63) is 87.5 Å². The first-order valence-electron chi connectivity index (χ1n) is 11.6. The van der Waals surface area contributed by atoms with Crippen molar-refractivity contribution < 1.29 is 0 Å². The lowest BCUT2D eigenvalue weighted by Gasteiger charge is -2.17. The lowest BCUT2D eigenvalue weighted by molar-refractivity contribution is 0.711. The molecule has 1 aliphatic carbocycles. The molecule has 30 heavy (non-hydrogen) atoms. The van der Waals surface area contributed by atoms with Crippen LogP contribution in [0, 0.1) is 19.8 Å². The number of allylic oxidation sites excluding steroid dienone is 2. The lowest BCUT2D eigenvalue weighted by Crippen LogP contribution is -2.03. The van der Waals surface area contributed by atoms with Crippen LogP contribution in [-0.2, 0) is 25.7 Å². The summed E-state index contributed by atoms with van der Waals surface area (Å²) in [5.74, 6) is 0.359. The molecular weight excluding hydrogens is 380 g/mol. The third-order valence-electron chi connectivity index (χ3n) is 6.76. The molecule has 0 nitrogen and oxygen atoms in total. The summed E-state index contributed by atoms with van der Waals surface area (Å²) in [4.78, 5) is 1.38. The lowest BCUT2D eigenvalue weighted by atomic mass is 9.89. The number of hydrogen-bond donors (Lipinski definition) is 0. The van der Waals surface area contributed by atoms with Crippen molar-refractivity contribution in [2.45, 2.75) is 72.6 Å². The zero-order valence-electron chi connectivity index (χ0n) is 19.6. The second-order valence-electron chi connectivity index (χ2n) is 8.96. The summed E-state index contributed by atoms with van der Waals surface area (Å²) >= 11 is 1.86. The molecule has 0 saturated carbocycles. The predicted molar refractivity (Wildman–Crippen MR) is 136 cm³/mol. The topological polar surface area (TPSA) is 0 Å². The highest BCUT2D eigenvalue weighted by Gasteiger charge is 2.13. The number of thioether (sulfide) groups is 1. The van der Waals surface area contributed by atoms with Crippen molar-refractivity contribution in [3.8, 4) is 0 Å². The van der Waals surface area contributed by atoms with Crippen molar-refractivity contribution in [3.63, 3.8) is 0 Å². The number of benzene rings is 2. The maximum absolute atomic E-state index is 4.49. The van der Waals surface area contributed by atoms with E-state index in [-0.39, 0.29) is 0 Å². The highest BCUT2D eigenvalue weighted by Crippen LogP contribution is 2.32. The van der Waals surface area contributed by atoms with Crippen LogP contribution in [0.1, 0.15) is 72.1 Å². The average molecular weight is 419 g/mol. The van der Waals surface area contributed by atoms with Crippen LogP contribution in [0.2, 0.25) is 0 Å². The molecule has 1 unspecified atom stereocenters. The normalized spacial score (nSPS) is 15.4. The Morgan fingerprint density at radius 1 is 1.00 bits per heavy atom. The Labute approximate surface area is 188 Å². The molecule has 0 aliphatic heterocycles. The zero-order chi connectivity index (χ0) is 21.7. The van der Waals surface area contributed by atoms with E-state index in [1.54, 1.807) is 11.1 Å². The van der Waals surface area contributed by atoms with Crippen LogP contribution in [0.4, 0.5) is 0 Å². The molecular formula is C29H38S. The Balaban J connectivity index is 1.80. The van der Waals surface area contributed by atoms with Crippen molar-refractivity contribution in [1.29, 1.82) is 0 Å². The quantitative estimate of drug-likeness (QED) is 0.322. The molecule has 2 aromatic carbocycles. The fourth-order valence-electron chi connectivity index (χ4n) is 4.53. The highest BCUT2D eigenvalue weighted by atomic mass is 32.2. The summed E-state index contributed by atoms with van der Waals surface area (Å²) in [5.41, 5.74) is 11.5. The number of aryl methyl sites for hydroxylation is 5. The Morgan fingerprint density at radius 2 is 1.67 bits per heavy atom. The van der Waals surface area contributed by atoms with Gasteiger partial charge in [-0.1, -0.05) is 68.8 Å². The van der Waals surface area contributed by atoms with Crippen LogP contribution < -0.4 is 0 Å². The summed E-state index contributed by atoms with van der Waals surface area (Å²) in [7, 11) is 0. The molecule has 1 aliphatic rings. The minimum Gasteiger partial charge on any atom is -0.129 e. The summed E-state index contributed by atoms with van der Waals surface area (Å²) in [6.45, 7) is 13.5. The summed E-state index contributed by atoms with van der Waals surface area (Å²) in [5, 5.41) is 0. The van der Waals surface area contributed by atoms with Crippen LogP contribution in [-0.4, -0.2) is 6.26 Å². The second kappa shape index (κ2) is 10.5. The highest BCUT2D eigenvalue weighted by molar-refractivity contribution is 8.07. The Hall–Kier alpha value is -1.73. The molecule has 0 saturated heterocycles. The van der Waals surface area contributed by atoms with Crippen LogP contribution in [0.3, 0.4) is 0 Å². The number of rotatable bonds is 7. The fraction of sp³-hybridized carbons (Fsp3) is 0.448. The van der Waals surface area contributed by atoms with Crippen LogP contribution in [0.25, 0.3) is 4.91 Å². The monoisotopic (exact) mass is 418 g/mol. The SMILES string of the molecule is C=C(Cc1cc(C)c(C)cc1CC)C(C)/C=C(\SC)c1ccc2c(c1)CCCCC2. The van der Waals surface area contributed by atoms with Gasteiger partial charge in [-0.25, -0.2) is 0 Å². The zero-order valence-corrected chi connectivity index (χ0v) is 20.4. The first-order chi connectivity index (χ1) is 14.4. The Kier molecular flexibility index (Phi) is 8.06. The molecule has 0 N–H and O–H groups in total. The van der Waals surface area contributed by atoms with Crippen LogP contribution >= 0.6 is 11.8 Å². The van der Waals surface area contributed by atoms with E-state index >= 15 is 0 Å². The van der Waals surface area contributed by atoms with Crippen molar-refractivity contribution in [1.82, 2.24) is 0 Å². The molecule has 0 amide bonds. The number of fused-ring (bicyclic) bond motifs is 1. The third kappa shape index (κ3) is 5.49. The molecule has 3 rings (SSSR count). The van der Waals surface area contributed by atoms with Crippen molar-refractivity contribution >= 4 is 16.7 Å². The van der Waals surface area contributed by atoms with Gasteiger partial charge in [0.2, 0.25) is 0 Å². The molecule has 0 bridgehead atoms. The van der Waals surface area contributed by atoms with Gasteiger partial charge < -0.3 is 0 Å². The van der Waals surface area contributed by atoms with E-state index < -0.39 is 0 Å². The van der Waals surface area contributed by atoms with Gasteiger partial charge >= 0.3 is 0 Å². The van der Waals surface area contributed by atoms with Crippen LogP contribution in [0.15, 0.2) is 48.6 Å². The summed E-state index contributed by atoms with van der Waals surface area (Å²) in [6.07, 6.45) is 13.2. The third-order valence-corrected chi connectivity index (χ3v) is 7.57. The molecule has 0 radical (unpaired) electrons. The van der Waals surface area contributed by atoms with Gasteiger partial charge in [0.15, 0.2) is 0 Å². The molecule has 1 heteroatoms. The van der Waals surface area contributed by atoms with Crippen molar-refractivity contribution in [2.24, 2.45) is 5.92 Å². The second-order valence-corrected chi connectivity index (χ2v) is 9.81. The van der Waals surface area contributed by atoms with Gasteiger partial charge in [-0.05, 0) is 103 Å². The maximum Gasteiger partial charge on any atom is 0.0108 e. The van der Waals surface area contributed by atoms with E-state index in [0.717, 1.165) is 12.8 Å². The van der Waals surface area contributed by atoms with Gasteiger partial charge in [-0.15, -0.1) is 11.8 Å². The molecule has 0 spiro atoms. The molecule has 2 aromatic rings. The minimum absolute atomic E-state index is 0.359. The van der Waals surface area contributed by atoms with E-state index in [9.17, 15) is 0 Å². The van der Waals surface area contributed by atoms with Crippen LogP contribution in [0.5, 0.6) is 0 Å². The molecule has 0 aromatic heterocycles. The minimum atomic E-state index is 0.359. The van der Waals surface area contributed by atoms with Gasteiger partial charge in [0.05, 0.1) is 0 Å². The Bertz CT molecular complexity index is 932. The van der Waals surface area contributed by atoms with Gasteiger partial charge in [-0.3, -0.25) is 0 Å². The average Bonchev–Trinajstić information content (AvgIpc) is 2.99. The molecule has 1 atom stereocenters. The molecule has 160 valence electrons. The van der Waals surface area contributed by atoms with Gasteiger partial charge in [0.25, 0.3) is 0 Å². The molecule has 0 heterocycles. The van der Waals surface area contributed by atoms with Gasteiger partial charge in [-0.2, -0.15) is 0 Å². The van der Waals surface area contributed by atoms with E-state index in [1.165, 1.54) is 70.4 Å².